The van der Waals surface area contributed by atoms with Crippen molar-refractivity contribution in [2.24, 2.45) is 0 Å². The molecule has 1 aromatic heterocycles. The first-order valence-corrected chi connectivity index (χ1v) is 13.9. The van der Waals surface area contributed by atoms with Gasteiger partial charge >= 0.3 is 18.3 Å². The smallest absolute Gasteiger partial charge is 0.416 e. The Labute approximate surface area is 240 Å². The number of carboxylic acid groups (broad SMARTS) is 1. The number of thioether (sulfide) groups is 1. The van der Waals surface area contributed by atoms with Crippen LogP contribution in [0.4, 0.5) is 26.3 Å². The molecular formula is C29H23F6NO3S2. The van der Waals surface area contributed by atoms with E-state index in [0.717, 1.165) is 29.2 Å². The van der Waals surface area contributed by atoms with Gasteiger partial charge < -0.3 is 9.84 Å². The predicted molar refractivity (Wildman–Crippen MR) is 146 cm³/mol. The molecule has 1 heterocycles. The Morgan fingerprint density at radius 1 is 0.951 bits per heavy atom. The molecule has 0 radical (unpaired) electrons. The summed E-state index contributed by atoms with van der Waals surface area (Å²) in [6, 6.07) is 14.9. The fourth-order valence-electron chi connectivity index (χ4n) is 4.10. The summed E-state index contributed by atoms with van der Waals surface area (Å²) >= 11 is 2.63. The SMILES string of the molecule is Cc1cc(SCC(c2cccc(C(F)(F)F)c2)c2sc(-c3ccc(C(F)(F)F)cc3)nc2C)ccc1OCC(=O)O. The maximum atomic E-state index is 13.6. The molecule has 0 saturated carbocycles. The summed E-state index contributed by atoms with van der Waals surface area (Å²) in [6.45, 7) is 3.00. The molecular weight excluding hydrogens is 588 g/mol. The fourth-order valence-corrected chi connectivity index (χ4v) is 6.55. The van der Waals surface area contributed by atoms with Crippen LogP contribution in [-0.4, -0.2) is 28.4 Å². The van der Waals surface area contributed by atoms with Gasteiger partial charge in [-0.15, -0.1) is 23.1 Å². The first kappa shape index (κ1) is 30.4. The molecule has 4 rings (SSSR count). The number of hydrogen-bond donors (Lipinski definition) is 1. The summed E-state index contributed by atoms with van der Waals surface area (Å²) in [4.78, 5) is 16.9. The number of rotatable bonds is 9. The monoisotopic (exact) mass is 611 g/mol. The van der Waals surface area contributed by atoms with Crippen LogP contribution in [0.15, 0.2) is 71.6 Å². The van der Waals surface area contributed by atoms with E-state index in [9.17, 15) is 31.1 Å². The van der Waals surface area contributed by atoms with Crippen molar-refractivity contribution in [1.82, 2.24) is 4.98 Å². The summed E-state index contributed by atoms with van der Waals surface area (Å²) in [6.07, 6.45) is -9.02. The minimum atomic E-state index is -4.54. The number of nitrogens with zero attached hydrogens (tertiary/aromatic N) is 1. The normalized spacial score (nSPS) is 12.8. The lowest BCUT2D eigenvalue weighted by molar-refractivity contribution is -0.139. The van der Waals surface area contributed by atoms with Gasteiger partial charge in [-0.1, -0.05) is 30.3 Å². The molecule has 216 valence electrons. The number of aliphatic carboxylic acids is 1. The number of hydrogen-bond acceptors (Lipinski definition) is 5. The average Bonchev–Trinajstić information content (AvgIpc) is 3.28. The van der Waals surface area contributed by atoms with Crippen molar-refractivity contribution in [1.29, 1.82) is 0 Å². The van der Waals surface area contributed by atoms with Crippen LogP contribution >= 0.6 is 23.1 Å². The highest BCUT2D eigenvalue weighted by Crippen LogP contribution is 2.41. The zero-order chi connectivity index (χ0) is 29.9. The fraction of sp³-hybridized carbons (Fsp3) is 0.241. The summed E-state index contributed by atoms with van der Waals surface area (Å²) < 4.78 is 85.0. The molecule has 0 aliphatic rings. The number of benzene rings is 3. The standard InChI is InChI=1S/C29H23F6NO3S2/c1-16-12-22(10-11-24(16)39-14-25(37)38)40-15-23(19-4-3-5-21(13-19)29(33,34)35)26-17(2)36-27(41-26)18-6-8-20(9-7-18)28(30,31)32/h3-13,23H,14-15H2,1-2H3,(H,37,38). The molecule has 4 nitrogen and oxygen atoms in total. The lowest BCUT2D eigenvalue weighted by Crippen LogP contribution is -2.10. The van der Waals surface area contributed by atoms with Crippen LogP contribution < -0.4 is 4.74 Å². The van der Waals surface area contributed by atoms with Crippen molar-refractivity contribution in [3.05, 3.63) is 99.6 Å². The largest absolute Gasteiger partial charge is 0.482 e. The van der Waals surface area contributed by atoms with Gasteiger partial charge in [0.15, 0.2) is 6.61 Å². The van der Waals surface area contributed by atoms with Crippen LogP contribution in [0.25, 0.3) is 10.6 Å². The molecule has 3 aromatic carbocycles. The molecule has 0 spiro atoms. The third-order valence-corrected chi connectivity index (χ3v) is 8.55. The van der Waals surface area contributed by atoms with E-state index in [1.807, 2.05) is 0 Å². The van der Waals surface area contributed by atoms with Crippen molar-refractivity contribution in [3.63, 3.8) is 0 Å². The third kappa shape index (κ3) is 7.62. The molecule has 41 heavy (non-hydrogen) atoms. The zero-order valence-electron chi connectivity index (χ0n) is 21.6. The van der Waals surface area contributed by atoms with E-state index < -0.39 is 42.0 Å². The summed E-state index contributed by atoms with van der Waals surface area (Å²) in [7, 11) is 0. The second-order valence-corrected chi connectivity index (χ2v) is 11.3. The van der Waals surface area contributed by atoms with Gasteiger partial charge in [-0.3, -0.25) is 0 Å². The minimum Gasteiger partial charge on any atom is -0.482 e. The van der Waals surface area contributed by atoms with Crippen molar-refractivity contribution in [3.8, 4) is 16.3 Å². The van der Waals surface area contributed by atoms with Crippen LogP contribution in [-0.2, 0) is 17.1 Å². The molecule has 1 atom stereocenters. The highest BCUT2D eigenvalue weighted by molar-refractivity contribution is 7.99. The van der Waals surface area contributed by atoms with Crippen molar-refractivity contribution < 1.29 is 41.0 Å². The lowest BCUT2D eigenvalue weighted by Gasteiger charge is -2.19. The second-order valence-electron chi connectivity index (χ2n) is 9.14. The minimum absolute atomic E-state index is 0.339. The topological polar surface area (TPSA) is 59.4 Å². The molecule has 0 saturated heterocycles. The van der Waals surface area contributed by atoms with E-state index >= 15 is 0 Å². The Morgan fingerprint density at radius 2 is 1.63 bits per heavy atom. The summed E-state index contributed by atoms with van der Waals surface area (Å²) in [5.74, 6) is -0.870. The predicted octanol–water partition coefficient (Wildman–Crippen LogP) is 8.85. The van der Waals surface area contributed by atoms with Gasteiger partial charge in [-0.05, 0) is 61.4 Å². The lowest BCUT2D eigenvalue weighted by atomic mass is 9.96. The molecule has 0 amide bonds. The number of alkyl halides is 6. The Bertz CT molecular complexity index is 1530. The quantitative estimate of drug-likeness (QED) is 0.151. The molecule has 0 aliphatic carbocycles. The van der Waals surface area contributed by atoms with Gasteiger partial charge in [0, 0.05) is 27.0 Å². The zero-order valence-corrected chi connectivity index (χ0v) is 23.3. The molecule has 12 heteroatoms. The Morgan fingerprint density at radius 3 is 2.24 bits per heavy atom. The third-order valence-electron chi connectivity index (χ3n) is 6.14. The Kier molecular flexibility index (Phi) is 9.03. The molecule has 0 fully saturated rings. The number of aromatic nitrogens is 1. The van der Waals surface area contributed by atoms with E-state index in [1.165, 1.54) is 41.3 Å². The van der Waals surface area contributed by atoms with E-state index in [4.69, 9.17) is 9.84 Å². The molecule has 1 N–H and O–H groups in total. The van der Waals surface area contributed by atoms with Gasteiger partial charge in [0.2, 0.25) is 0 Å². The number of thiazole rings is 1. The maximum absolute atomic E-state index is 13.6. The number of aryl methyl sites for hydroxylation is 2. The molecule has 0 aliphatic heterocycles. The van der Waals surface area contributed by atoms with E-state index in [-0.39, 0.29) is 0 Å². The molecule has 1 unspecified atom stereocenters. The second kappa shape index (κ2) is 12.2. The van der Waals surface area contributed by atoms with Crippen LogP contribution in [0, 0.1) is 13.8 Å². The number of ether oxygens (including phenoxy) is 1. The van der Waals surface area contributed by atoms with Crippen LogP contribution in [0.2, 0.25) is 0 Å². The van der Waals surface area contributed by atoms with Crippen molar-refractivity contribution in [2.75, 3.05) is 12.4 Å². The van der Waals surface area contributed by atoms with Gasteiger partial charge in [-0.2, -0.15) is 26.3 Å². The van der Waals surface area contributed by atoms with E-state index in [2.05, 4.69) is 4.98 Å². The highest BCUT2D eigenvalue weighted by Gasteiger charge is 2.32. The van der Waals surface area contributed by atoms with Gasteiger partial charge in [0.25, 0.3) is 0 Å². The highest BCUT2D eigenvalue weighted by atomic mass is 32.2. The average molecular weight is 612 g/mol. The summed E-state index contributed by atoms with van der Waals surface area (Å²) in [5.41, 5.74) is 0.594. The van der Waals surface area contributed by atoms with Crippen molar-refractivity contribution >= 4 is 29.1 Å². The Hall–Kier alpha value is -3.51. The van der Waals surface area contributed by atoms with Gasteiger partial charge in [0.1, 0.15) is 10.8 Å². The first-order valence-electron chi connectivity index (χ1n) is 12.1. The van der Waals surface area contributed by atoms with E-state index in [1.54, 1.807) is 38.1 Å². The van der Waals surface area contributed by atoms with Gasteiger partial charge in [0.05, 0.1) is 16.8 Å². The maximum Gasteiger partial charge on any atom is 0.416 e. The van der Waals surface area contributed by atoms with Crippen LogP contribution in [0.5, 0.6) is 5.75 Å². The van der Waals surface area contributed by atoms with E-state index in [0.29, 0.717) is 43.8 Å². The molecule has 4 aromatic rings. The summed E-state index contributed by atoms with van der Waals surface area (Å²) in [5, 5.41) is 9.31. The number of carbonyl (C=O) groups is 1. The van der Waals surface area contributed by atoms with Gasteiger partial charge in [-0.25, -0.2) is 9.78 Å². The Balaban J connectivity index is 1.67. The van der Waals surface area contributed by atoms with Crippen molar-refractivity contribution in [2.45, 2.75) is 37.0 Å². The van der Waals surface area contributed by atoms with Crippen LogP contribution in [0.1, 0.15) is 38.7 Å². The molecule has 0 bridgehead atoms. The van der Waals surface area contributed by atoms with Crippen LogP contribution in [0.3, 0.4) is 0 Å². The number of carboxylic acids is 1. The first-order chi connectivity index (χ1) is 19.2. The number of halogens is 6.